The number of carbonyl (C=O) groups excluding carboxylic acids is 1. The molecule has 0 aliphatic carbocycles. The Morgan fingerprint density at radius 1 is 1.30 bits per heavy atom. The van der Waals surface area contributed by atoms with E-state index in [2.05, 4.69) is 25.7 Å². The predicted octanol–water partition coefficient (Wildman–Crippen LogP) is 2.46. The number of hydrogen-bond acceptors (Lipinski definition) is 2. The summed E-state index contributed by atoms with van der Waals surface area (Å²) in [5, 5.41) is 8.75. The first-order valence-corrected chi connectivity index (χ1v) is 6.85. The van der Waals surface area contributed by atoms with Crippen molar-refractivity contribution in [3.63, 3.8) is 0 Å². The zero-order chi connectivity index (χ0) is 15.3. The van der Waals surface area contributed by atoms with Crippen molar-refractivity contribution in [2.24, 2.45) is 5.92 Å². The second kappa shape index (κ2) is 7.12. The van der Waals surface area contributed by atoms with E-state index in [9.17, 15) is 4.79 Å². The number of aliphatic hydroxyl groups excluding tert-OH is 1. The molecule has 0 aliphatic rings. The molecule has 1 rings (SSSR count). The summed E-state index contributed by atoms with van der Waals surface area (Å²) in [6.45, 7) is 8.00. The smallest absolute Gasteiger partial charge is 0.253 e. The van der Waals surface area contributed by atoms with Crippen LogP contribution < -0.4 is 0 Å². The molecule has 1 atom stereocenters. The Morgan fingerprint density at radius 3 is 2.50 bits per heavy atom. The van der Waals surface area contributed by atoms with E-state index in [-0.39, 0.29) is 18.6 Å². The third-order valence-electron chi connectivity index (χ3n) is 3.53. The van der Waals surface area contributed by atoms with E-state index in [4.69, 9.17) is 5.11 Å². The standard InChI is InChI=1S/C17H23NO2/c1-12(2)14(4)18(5)17(20)16-10-13(3)9-15(11-16)7-6-8-19/h9-12,14,19H,8H2,1-5H3. The molecule has 0 saturated heterocycles. The lowest BCUT2D eigenvalue weighted by molar-refractivity contribution is 0.0707. The van der Waals surface area contributed by atoms with Gasteiger partial charge in [0.1, 0.15) is 6.61 Å². The number of carbonyl (C=O) groups is 1. The molecule has 1 amide bonds. The van der Waals surface area contributed by atoms with Gasteiger partial charge in [0, 0.05) is 24.2 Å². The molecule has 3 heteroatoms. The van der Waals surface area contributed by atoms with Crippen LogP contribution in [-0.2, 0) is 0 Å². The molecule has 0 heterocycles. The van der Waals surface area contributed by atoms with Crippen molar-refractivity contribution in [3.05, 3.63) is 34.9 Å². The second-order valence-corrected chi connectivity index (χ2v) is 5.45. The number of hydrogen-bond donors (Lipinski definition) is 1. The molecule has 1 unspecified atom stereocenters. The molecule has 0 fully saturated rings. The minimum Gasteiger partial charge on any atom is -0.384 e. The Hall–Kier alpha value is -1.79. The highest BCUT2D eigenvalue weighted by molar-refractivity contribution is 5.94. The Kier molecular flexibility index (Phi) is 5.79. The molecular weight excluding hydrogens is 250 g/mol. The Morgan fingerprint density at radius 2 is 1.95 bits per heavy atom. The van der Waals surface area contributed by atoms with Crippen molar-refractivity contribution >= 4 is 5.91 Å². The predicted molar refractivity (Wildman–Crippen MR) is 81.5 cm³/mol. The van der Waals surface area contributed by atoms with Crippen LogP contribution in [0.15, 0.2) is 18.2 Å². The van der Waals surface area contributed by atoms with Crippen LogP contribution in [-0.4, -0.2) is 35.6 Å². The minimum atomic E-state index is -0.179. The molecule has 108 valence electrons. The lowest BCUT2D eigenvalue weighted by Gasteiger charge is -2.28. The molecule has 20 heavy (non-hydrogen) atoms. The van der Waals surface area contributed by atoms with Crippen LogP contribution in [0.1, 0.15) is 42.3 Å². The topological polar surface area (TPSA) is 40.5 Å². The second-order valence-electron chi connectivity index (χ2n) is 5.45. The number of aryl methyl sites for hydroxylation is 1. The largest absolute Gasteiger partial charge is 0.384 e. The maximum absolute atomic E-state index is 12.5. The average molecular weight is 273 g/mol. The summed E-state index contributed by atoms with van der Waals surface area (Å²) in [4.78, 5) is 14.3. The third kappa shape index (κ3) is 4.11. The highest BCUT2D eigenvalue weighted by Crippen LogP contribution is 2.15. The molecule has 0 aliphatic heterocycles. The summed E-state index contributed by atoms with van der Waals surface area (Å²) in [6, 6.07) is 5.73. The fourth-order valence-corrected chi connectivity index (χ4v) is 1.96. The van der Waals surface area contributed by atoms with Gasteiger partial charge in [-0.3, -0.25) is 4.79 Å². The van der Waals surface area contributed by atoms with Crippen molar-refractivity contribution < 1.29 is 9.90 Å². The van der Waals surface area contributed by atoms with Crippen LogP contribution in [0.25, 0.3) is 0 Å². The average Bonchev–Trinajstić information content (AvgIpc) is 2.41. The zero-order valence-corrected chi connectivity index (χ0v) is 12.9. The SMILES string of the molecule is Cc1cc(C#CCO)cc(C(=O)N(C)C(C)C(C)C)c1. The molecule has 1 N–H and O–H groups in total. The third-order valence-corrected chi connectivity index (χ3v) is 3.53. The molecule has 0 spiro atoms. The van der Waals surface area contributed by atoms with Gasteiger partial charge in [0.25, 0.3) is 5.91 Å². The summed E-state index contributed by atoms with van der Waals surface area (Å²) < 4.78 is 0. The van der Waals surface area contributed by atoms with Crippen molar-refractivity contribution in [3.8, 4) is 11.8 Å². The fraction of sp³-hybridized carbons (Fsp3) is 0.471. The van der Waals surface area contributed by atoms with Gasteiger partial charge in [-0.25, -0.2) is 0 Å². The van der Waals surface area contributed by atoms with Crippen molar-refractivity contribution in [2.45, 2.75) is 33.7 Å². The van der Waals surface area contributed by atoms with E-state index in [1.807, 2.05) is 33.0 Å². The van der Waals surface area contributed by atoms with Gasteiger partial charge in [0.15, 0.2) is 0 Å². The van der Waals surface area contributed by atoms with E-state index in [1.54, 1.807) is 11.0 Å². The summed E-state index contributed by atoms with van der Waals surface area (Å²) in [5.74, 6) is 5.87. The van der Waals surface area contributed by atoms with Crippen molar-refractivity contribution in [1.82, 2.24) is 4.90 Å². The van der Waals surface area contributed by atoms with Gasteiger partial charge in [0.2, 0.25) is 0 Å². The molecule has 0 radical (unpaired) electrons. The summed E-state index contributed by atoms with van der Waals surface area (Å²) >= 11 is 0. The van der Waals surface area contributed by atoms with E-state index in [0.29, 0.717) is 11.5 Å². The molecule has 3 nitrogen and oxygen atoms in total. The minimum absolute atomic E-state index is 0.00180. The quantitative estimate of drug-likeness (QED) is 0.859. The number of amides is 1. The first kappa shape index (κ1) is 16.3. The van der Waals surface area contributed by atoms with Gasteiger partial charge in [-0.1, -0.05) is 25.7 Å². The summed E-state index contributed by atoms with van der Waals surface area (Å²) in [6.07, 6.45) is 0. The van der Waals surface area contributed by atoms with E-state index in [0.717, 1.165) is 11.1 Å². The maximum Gasteiger partial charge on any atom is 0.253 e. The zero-order valence-electron chi connectivity index (χ0n) is 12.9. The number of rotatable bonds is 3. The summed E-state index contributed by atoms with van der Waals surface area (Å²) in [5.41, 5.74) is 2.39. The fourth-order valence-electron chi connectivity index (χ4n) is 1.96. The van der Waals surface area contributed by atoms with Gasteiger partial charge in [0.05, 0.1) is 0 Å². The van der Waals surface area contributed by atoms with Gasteiger partial charge in [-0.05, 0) is 43.5 Å². The first-order chi connectivity index (χ1) is 9.36. The van der Waals surface area contributed by atoms with E-state index >= 15 is 0 Å². The van der Waals surface area contributed by atoms with E-state index in [1.165, 1.54) is 0 Å². The number of aliphatic hydroxyl groups is 1. The van der Waals surface area contributed by atoms with E-state index < -0.39 is 0 Å². The lowest BCUT2D eigenvalue weighted by Crippen LogP contribution is -2.38. The molecule has 0 bridgehead atoms. The highest BCUT2D eigenvalue weighted by atomic mass is 16.2. The Bertz CT molecular complexity index is 538. The van der Waals surface area contributed by atoms with Crippen LogP contribution in [0.3, 0.4) is 0 Å². The lowest BCUT2D eigenvalue weighted by atomic mass is 10.0. The van der Waals surface area contributed by atoms with Gasteiger partial charge in [-0.15, -0.1) is 0 Å². The number of benzene rings is 1. The van der Waals surface area contributed by atoms with Gasteiger partial charge < -0.3 is 10.0 Å². The molecule has 1 aromatic carbocycles. The van der Waals surface area contributed by atoms with Crippen molar-refractivity contribution in [1.29, 1.82) is 0 Å². The van der Waals surface area contributed by atoms with Gasteiger partial charge >= 0.3 is 0 Å². The normalized spacial score (nSPS) is 11.8. The maximum atomic E-state index is 12.5. The molecule has 0 aromatic heterocycles. The molecule has 0 saturated carbocycles. The Balaban J connectivity index is 3.07. The van der Waals surface area contributed by atoms with Crippen LogP contribution in [0.5, 0.6) is 0 Å². The monoisotopic (exact) mass is 273 g/mol. The summed E-state index contributed by atoms with van der Waals surface area (Å²) in [7, 11) is 1.83. The van der Waals surface area contributed by atoms with Crippen LogP contribution in [0.4, 0.5) is 0 Å². The number of nitrogens with zero attached hydrogens (tertiary/aromatic N) is 1. The molecule has 1 aromatic rings. The van der Waals surface area contributed by atoms with Crippen LogP contribution in [0.2, 0.25) is 0 Å². The van der Waals surface area contributed by atoms with Gasteiger partial charge in [-0.2, -0.15) is 0 Å². The Labute approximate surface area is 121 Å². The van der Waals surface area contributed by atoms with Crippen LogP contribution in [0, 0.1) is 24.7 Å². The highest BCUT2D eigenvalue weighted by Gasteiger charge is 2.20. The van der Waals surface area contributed by atoms with Crippen molar-refractivity contribution in [2.75, 3.05) is 13.7 Å². The first-order valence-electron chi connectivity index (χ1n) is 6.85. The van der Waals surface area contributed by atoms with Crippen LogP contribution >= 0.6 is 0 Å². The molecular formula is C17H23NO2.